The van der Waals surface area contributed by atoms with Gasteiger partial charge in [-0.05, 0) is 37.8 Å². The second kappa shape index (κ2) is 8.49. The molecule has 1 amide bonds. The molecule has 0 spiro atoms. The standard InChI is InChI=1S/C18H21N3OS.2ClH/c1-21(16-8-14-5-6-15(9-16)20-14)18(22)13-4-2-3-12(7-13)17-10-23-11-19-17;;/h2-4,7,10-11,14-16,20H,5-6,8-9H2,1H3;2*1H. The highest BCUT2D eigenvalue weighted by molar-refractivity contribution is 7.07. The molecule has 3 heterocycles. The summed E-state index contributed by atoms with van der Waals surface area (Å²) in [6.07, 6.45) is 4.65. The minimum absolute atomic E-state index is 0. The minimum Gasteiger partial charge on any atom is -0.339 e. The number of fused-ring (bicyclic) bond motifs is 2. The molecule has 1 aromatic carbocycles. The number of nitrogens with zero attached hydrogens (tertiary/aromatic N) is 2. The summed E-state index contributed by atoms with van der Waals surface area (Å²) >= 11 is 1.57. The van der Waals surface area contributed by atoms with Crippen molar-refractivity contribution in [3.05, 3.63) is 40.7 Å². The fraction of sp³-hybridized carbons (Fsp3) is 0.444. The van der Waals surface area contributed by atoms with E-state index in [2.05, 4.69) is 10.3 Å². The maximum atomic E-state index is 12.9. The Morgan fingerprint density at radius 1 is 1.24 bits per heavy atom. The molecule has 2 fully saturated rings. The summed E-state index contributed by atoms with van der Waals surface area (Å²) in [5.41, 5.74) is 4.52. The molecule has 2 saturated heterocycles. The van der Waals surface area contributed by atoms with Crippen LogP contribution >= 0.6 is 36.2 Å². The van der Waals surface area contributed by atoms with Crippen molar-refractivity contribution in [1.29, 1.82) is 0 Å². The average Bonchev–Trinajstić information content (AvgIpc) is 3.23. The van der Waals surface area contributed by atoms with E-state index in [1.54, 1.807) is 11.3 Å². The molecule has 0 aliphatic carbocycles. The van der Waals surface area contributed by atoms with Crippen molar-refractivity contribution in [1.82, 2.24) is 15.2 Å². The highest BCUT2D eigenvalue weighted by Gasteiger charge is 2.36. The molecule has 4 nitrogen and oxygen atoms in total. The fourth-order valence-electron chi connectivity index (χ4n) is 3.88. The Balaban J connectivity index is 0.00000113. The van der Waals surface area contributed by atoms with Crippen molar-refractivity contribution in [2.75, 3.05) is 7.05 Å². The molecule has 2 aliphatic rings. The lowest BCUT2D eigenvalue weighted by Gasteiger charge is -2.35. The van der Waals surface area contributed by atoms with Gasteiger partial charge < -0.3 is 10.2 Å². The van der Waals surface area contributed by atoms with Crippen molar-refractivity contribution in [2.45, 2.75) is 43.8 Å². The summed E-state index contributed by atoms with van der Waals surface area (Å²) in [5, 5.41) is 5.65. The van der Waals surface area contributed by atoms with Crippen LogP contribution in [0.3, 0.4) is 0 Å². The van der Waals surface area contributed by atoms with Crippen LogP contribution in [-0.2, 0) is 0 Å². The van der Waals surface area contributed by atoms with Gasteiger partial charge in [0.1, 0.15) is 0 Å². The molecule has 2 bridgehead atoms. The van der Waals surface area contributed by atoms with Gasteiger partial charge in [-0.25, -0.2) is 4.98 Å². The van der Waals surface area contributed by atoms with E-state index in [1.807, 2.05) is 47.1 Å². The van der Waals surface area contributed by atoms with Crippen LogP contribution in [0.4, 0.5) is 0 Å². The maximum Gasteiger partial charge on any atom is 0.253 e. The third-order valence-electron chi connectivity index (χ3n) is 5.15. The van der Waals surface area contributed by atoms with Gasteiger partial charge in [0, 0.05) is 41.7 Å². The second-order valence-electron chi connectivity index (χ2n) is 6.63. The number of hydrogen-bond acceptors (Lipinski definition) is 4. The van der Waals surface area contributed by atoms with Gasteiger partial charge in [0.2, 0.25) is 0 Å². The van der Waals surface area contributed by atoms with E-state index in [0.717, 1.165) is 29.7 Å². The van der Waals surface area contributed by atoms with Crippen molar-refractivity contribution in [3.63, 3.8) is 0 Å². The molecule has 2 aromatic rings. The molecule has 0 radical (unpaired) electrons. The third-order valence-corrected chi connectivity index (χ3v) is 5.74. The molecule has 1 aromatic heterocycles. The zero-order valence-corrected chi connectivity index (χ0v) is 16.5. The first kappa shape index (κ1) is 20.2. The molecule has 0 saturated carbocycles. The molecular formula is C18H23Cl2N3OS. The van der Waals surface area contributed by atoms with Gasteiger partial charge in [0.15, 0.2) is 0 Å². The van der Waals surface area contributed by atoms with E-state index in [1.165, 1.54) is 12.8 Å². The maximum absolute atomic E-state index is 12.9. The van der Waals surface area contributed by atoms with E-state index < -0.39 is 0 Å². The quantitative estimate of drug-likeness (QED) is 0.847. The van der Waals surface area contributed by atoms with Gasteiger partial charge in [-0.2, -0.15) is 0 Å². The molecule has 25 heavy (non-hydrogen) atoms. The highest BCUT2D eigenvalue weighted by atomic mass is 35.5. The Morgan fingerprint density at radius 2 is 1.96 bits per heavy atom. The number of aromatic nitrogens is 1. The largest absolute Gasteiger partial charge is 0.339 e. The Bertz CT molecular complexity index is 698. The van der Waals surface area contributed by atoms with Crippen LogP contribution in [0.1, 0.15) is 36.0 Å². The van der Waals surface area contributed by atoms with Crippen LogP contribution in [0.15, 0.2) is 35.2 Å². The molecule has 2 unspecified atom stereocenters. The number of carbonyl (C=O) groups is 1. The number of piperidine rings is 1. The molecule has 2 aliphatic heterocycles. The zero-order chi connectivity index (χ0) is 15.8. The van der Waals surface area contributed by atoms with Crippen LogP contribution in [0, 0.1) is 0 Å². The number of halogens is 2. The lowest BCUT2D eigenvalue weighted by atomic mass is 9.97. The second-order valence-corrected chi connectivity index (χ2v) is 7.35. The van der Waals surface area contributed by atoms with Crippen molar-refractivity contribution in [2.24, 2.45) is 0 Å². The topological polar surface area (TPSA) is 45.2 Å². The van der Waals surface area contributed by atoms with Crippen LogP contribution in [0.25, 0.3) is 11.3 Å². The number of nitrogens with one attached hydrogen (secondary N) is 1. The van der Waals surface area contributed by atoms with Gasteiger partial charge >= 0.3 is 0 Å². The van der Waals surface area contributed by atoms with E-state index >= 15 is 0 Å². The van der Waals surface area contributed by atoms with Crippen LogP contribution in [-0.4, -0.2) is 41.0 Å². The van der Waals surface area contributed by atoms with Crippen molar-refractivity contribution < 1.29 is 4.79 Å². The summed E-state index contributed by atoms with van der Waals surface area (Å²) in [6.45, 7) is 0. The van der Waals surface area contributed by atoms with Gasteiger partial charge in [0.05, 0.1) is 11.2 Å². The first-order valence-corrected chi connectivity index (χ1v) is 9.17. The zero-order valence-electron chi connectivity index (χ0n) is 14.1. The summed E-state index contributed by atoms with van der Waals surface area (Å²) in [7, 11) is 1.95. The summed E-state index contributed by atoms with van der Waals surface area (Å²) in [5.74, 6) is 0.119. The van der Waals surface area contributed by atoms with Crippen molar-refractivity contribution in [3.8, 4) is 11.3 Å². The predicted octanol–water partition coefficient (Wildman–Crippen LogP) is 4.01. The van der Waals surface area contributed by atoms with E-state index in [0.29, 0.717) is 18.1 Å². The Morgan fingerprint density at radius 3 is 2.60 bits per heavy atom. The smallest absolute Gasteiger partial charge is 0.253 e. The van der Waals surface area contributed by atoms with Gasteiger partial charge in [-0.3, -0.25) is 4.79 Å². The Kier molecular flexibility index (Phi) is 6.86. The Labute approximate surface area is 164 Å². The first-order valence-electron chi connectivity index (χ1n) is 8.22. The monoisotopic (exact) mass is 399 g/mol. The molecule has 136 valence electrons. The third kappa shape index (κ3) is 4.17. The molecule has 7 heteroatoms. The summed E-state index contributed by atoms with van der Waals surface area (Å²) < 4.78 is 0. The van der Waals surface area contributed by atoms with Crippen LogP contribution < -0.4 is 5.32 Å². The molecule has 1 N–H and O–H groups in total. The van der Waals surface area contributed by atoms with Gasteiger partial charge in [-0.1, -0.05) is 12.1 Å². The fourth-order valence-corrected chi connectivity index (χ4v) is 4.44. The first-order chi connectivity index (χ1) is 11.2. The normalized spacial score (nSPS) is 24.1. The van der Waals surface area contributed by atoms with Gasteiger partial charge in [0.25, 0.3) is 5.91 Å². The van der Waals surface area contributed by atoms with Crippen molar-refractivity contribution >= 4 is 42.1 Å². The van der Waals surface area contributed by atoms with E-state index in [9.17, 15) is 4.79 Å². The number of rotatable bonds is 3. The number of carbonyl (C=O) groups excluding carboxylic acids is 1. The SMILES string of the molecule is CN(C(=O)c1cccc(-c2cscn2)c1)C1CC2CCC(C1)N2.Cl.Cl. The Hall–Kier alpha value is -1.14. The number of amides is 1. The lowest BCUT2D eigenvalue weighted by molar-refractivity contribution is 0.0682. The average molecular weight is 400 g/mol. The minimum atomic E-state index is 0. The van der Waals surface area contributed by atoms with Crippen LogP contribution in [0.2, 0.25) is 0 Å². The van der Waals surface area contributed by atoms with E-state index in [-0.39, 0.29) is 30.7 Å². The van der Waals surface area contributed by atoms with Gasteiger partial charge in [-0.15, -0.1) is 36.2 Å². The number of thiazole rings is 1. The summed E-state index contributed by atoms with van der Waals surface area (Å²) in [4.78, 5) is 19.2. The number of benzene rings is 1. The van der Waals surface area contributed by atoms with E-state index in [4.69, 9.17) is 0 Å². The summed E-state index contributed by atoms with van der Waals surface area (Å²) in [6, 6.07) is 9.36. The molecular weight excluding hydrogens is 377 g/mol. The highest BCUT2D eigenvalue weighted by Crippen LogP contribution is 2.30. The predicted molar refractivity (Wildman–Crippen MR) is 107 cm³/mol. The lowest BCUT2D eigenvalue weighted by Crippen LogP contribution is -2.48. The van der Waals surface area contributed by atoms with Crippen LogP contribution in [0.5, 0.6) is 0 Å². The molecule has 4 rings (SSSR count). The molecule has 2 atom stereocenters. The number of hydrogen-bond donors (Lipinski definition) is 1.